The first-order valence-electron chi connectivity index (χ1n) is 5.75. The van der Waals surface area contributed by atoms with Crippen molar-refractivity contribution in [2.75, 3.05) is 7.11 Å². The quantitative estimate of drug-likeness (QED) is 0.893. The summed E-state index contributed by atoms with van der Waals surface area (Å²) in [7, 11) is 1.58. The van der Waals surface area contributed by atoms with Crippen LogP contribution in [0.3, 0.4) is 0 Å². The summed E-state index contributed by atoms with van der Waals surface area (Å²) in [4.78, 5) is 23.1. The maximum atomic E-state index is 11.8. The highest BCUT2D eigenvalue weighted by Crippen LogP contribution is 2.22. The Morgan fingerprint density at radius 1 is 1.39 bits per heavy atom. The van der Waals surface area contributed by atoms with Crippen molar-refractivity contribution in [3.05, 3.63) is 40.2 Å². The van der Waals surface area contributed by atoms with E-state index in [1.807, 2.05) is 13.0 Å². The number of H-pyrrole nitrogens is 1. The predicted molar refractivity (Wildman–Crippen MR) is 68.8 cm³/mol. The molecule has 0 saturated carbocycles. The number of aromatic nitrogens is 3. The van der Waals surface area contributed by atoms with Gasteiger partial charge in [-0.15, -0.1) is 0 Å². The molecule has 0 aliphatic carbocycles. The number of hydrogen-bond acceptors (Lipinski definition) is 4. The van der Waals surface area contributed by atoms with Crippen LogP contribution >= 0.6 is 0 Å². The van der Waals surface area contributed by atoms with Crippen molar-refractivity contribution < 1.29 is 4.74 Å². The molecule has 0 radical (unpaired) electrons. The van der Waals surface area contributed by atoms with E-state index >= 15 is 0 Å². The van der Waals surface area contributed by atoms with Crippen LogP contribution in [0.5, 0.6) is 5.75 Å². The fourth-order valence-electron chi connectivity index (χ4n) is 1.69. The van der Waals surface area contributed by atoms with Gasteiger partial charge in [0, 0.05) is 23.7 Å². The second-order valence-corrected chi connectivity index (χ2v) is 3.95. The van der Waals surface area contributed by atoms with Gasteiger partial charge in [0.2, 0.25) is 0 Å². The average molecular weight is 245 g/mol. The Hall–Kier alpha value is -2.17. The second-order valence-electron chi connectivity index (χ2n) is 3.95. The van der Waals surface area contributed by atoms with Crippen LogP contribution in [-0.4, -0.2) is 22.1 Å². The van der Waals surface area contributed by atoms with Gasteiger partial charge in [0.1, 0.15) is 11.6 Å². The first kappa shape index (κ1) is 12.3. The summed E-state index contributed by atoms with van der Waals surface area (Å²) in [6.45, 7) is 3.70. The van der Waals surface area contributed by atoms with Crippen molar-refractivity contribution in [1.82, 2.24) is 15.0 Å². The van der Waals surface area contributed by atoms with E-state index < -0.39 is 0 Å². The molecule has 1 N–H and O–H groups in total. The third-order valence-corrected chi connectivity index (χ3v) is 2.76. The number of pyridine rings is 1. The summed E-state index contributed by atoms with van der Waals surface area (Å²) < 4.78 is 5.13. The van der Waals surface area contributed by atoms with Gasteiger partial charge >= 0.3 is 0 Å². The number of hydrogen-bond donors (Lipinski definition) is 1. The molecule has 0 bridgehead atoms. The van der Waals surface area contributed by atoms with Crippen molar-refractivity contribution in [1.29, 1.82) is 0 Å². The zero-order valence-electron chi connectivity index (χ0n) is 10.7. The summed E-state index contributed by atoms with van der Waals surface area (Å²) in [5.74, 6) is 1.32. The molecule has 0 unspecified atom stereocenters. The molecule has 2 heterocycles. The molecule has 0 aliphatic heterocycles. The molecule has 5 heteroatoms. The van der Waals surface area contributed by atoms with Gasteiger partial charge in [0.25, 0.3) is 5.56 Å². The normalized spacial score (nSPS) is 10.4. The Morgan fingerprint density at radius 3 is 2.83 bits per heavy atom. The van der Waals surface area contributed by atoms with Crippen molar-refractivity contribution in [3.8, 4) is 17.0 Å². The van der Waals surface area contributed by atoms with Gasteiger partial charge in [0.05, 0.1) is 19.0 Å². The van der Waals surface area contributed by atoms with E-state index in [-0.39, 0.29) is 5.56 Å². The zero-order valence-corrected chi connectivity index (χ0v) is 10.7. The van der Waals surface area contributed by atoms with Crippen LogP contribution in [-0.2, 0) is 6.42 Å². The van der Waals surface area contributed by atoms with Crippen LogP contribution < -0.4 is 10.3 Å². The van der Waals surface area contributed by atoms with Crippen molar-refractivity contribution in [2.24, 2.45) is 0 Å². The molecule has 0 aliphatic rings. The largest absolute Gasteiger partial charge is 0.495 e. The van der Waals surface area contributed by atoms with E-state index in [1.54, 1.807) is 26.4 Å². The predicted octanol–water partition coefficient (Wildman–Crippen LogP) is 1.71. The van der Waals surface area contributed by atoms with E-state index in [1.165, 1.54) is 0 Å². The number of nitrogens with one attached hydrogen (secondary N) is 1. The van der Waals surface area contributed by atoms with Crippen LogP contribution in [0.1, 0.15) is 18.3 Å². The molecule has 2 rings (SSSR count). The van der Waals surface area contributed by atoms with Crippen LogP contribution in [0, 0.1) is 6.92 Å². The third-order valence-electron chi connectivity index (χ3n) is 2.76. The van der Waals surface area contributed by atoms with E-state index in [9.17, 15) is 4.79 Å². The molecule has 0 fully saturated rings. The summed E-state index contributed by atoms with van der Waals surface area (Å²) in [5.41, 5.74) is 1.91. The molecule has 0 saturated heterocycles. The Labute approximate surface area is 105 Å². The fourth-order valence-corrected chi connectivity index (χ4v) is 1.69. The van der Waals surface area contributed by atoms with Crippen LogP contribution in [0.25, 0.3) is 11.3 Å². The molecule has 0 spiro atoms. The fraction of sp³-hybridized carbons (Fsp3) is 0.308. The van der Waals surface area contributed by atoms with Gasteiger partial charge in [-0.25, -0.2) is 4.98 Å². The SMILES string of the molecule is CCc1nc(-c2cncc(OC)c2)c(C)c(=O)[nH]1. The Bertz CT molecular complexity index is 620. The van der Waals surface area contributed by atoms with Crippen LogP contribution in [0.4, 0.5) is 0 Å². The summed E-state index contributed by atoms with van der Waals surface area (Å²) in [6, 6.07) is 1.82. The van der Waals surface area contributed by atoms with Crippen LogP contribution in [0.15, 0.2) is 23.3 Å². The topological polar surface area (TPSA) is 67.9 Å². The minimum absolute atomic E-state index is 0.111. The molecular weight excluding hydrogens is 230 g/mol. The van der Waals surface area contributed by atoms with Gasteiger partial charge in [-0.2, -0.15) is 0 Å². The Morgan fingerprint density at radius 2 is 2.17 bits per heavy atom. The summed E-state index contributed by atoms with van der Waals surface area (Å²) in [5, 5.41) is 0. The summed E-state index contributed by atoms with van der Waals surface area (Å²) in [6.07, 6.45) is 3.98. The van der Waals surface area contributed by atoms with Gasteiger partial charge in [0.15, 0.2) is 0 Å². The highest BCUT2D eigenvalue weighted by Gasteiger charge is 2.10. The molecule has 5 nitrogen and oxygen atoms in total. The third kappa shape index (κ3) is 2.25. The maximum absolute atomic E-state index is 11.8. The van der Waals surface area contributed by atoms with E-state index in [0.29, 0.717) is 29.3 Å². The molecular formula is C13H15N3O2. The first-order valence-corrected chi connectivity index (χ1v) is 5.75. The standard InChI is InChI=1S/C13H15N3O2/c1-4-11-15-12(8(2)13(17)16-11)9-5-10(18-3)7-14-6-9/h5-7H,4H2,1-3H3,(H,15,16,17). The molecule has 2 aromatic heterocycles. The van der Waals surface area contributed by atoms with Gasteiger partial charge in [-0.3, -0.25) is 9.78 Å². The van der Waals surface area contributed by atoms with Crippen molar-refractivity contribution >= 4 is 0 Å². The number of rotatable bonds is 3. The molecule has 2 aromatic rings. The van der Waals surface area contributed by atoms with Crippen LogP contribution in [0.2, 0.25) is 0 Å². The highest BCUT2D eigenvalue weighted by atomic mass is 16.5. The van der Waals surface area contributed by atoms with E-state index in [0.717, 1.165) is 5.56 Å². The van der Waals surface area contributed by atoms with Gasteiger partial charge in [-0.1, -0.05) is 6.92 Å². The monoisotopic (exact) mass is 245 g/mol. The summed E-state index contributed by atoms with van der Waals surface area (Å²) >= 11 is 0. The van der Waals surface area contributed by atoms with Gasteiger partial charge in [-0.05, 0) is 13.0 Å². The number of aryl methyl sites for hydroxylation is 1. The zero-order chi connectivity index (χ0) is 13.1. The highest BCUT2D eigenvalue weighted by molar-refractivity contribution is 5.62. The maximum Gasteiger partial charge on any atom is 0.254 e. The van der Waals surface area contributed by atoms with E-state index in [2.05, 4.69) is 15.0 Å². The number of aromatic amines is 1. The average Bonchev–Trinajstić information content (AvgIpc) is 2.41. The lowest BCUT2D eigenvalue weighted by Gasteiger charge is -2.07. The number of nitrogens with zero attached hydrogens (tertiary/aromatic N) is 2. The lowest BCUT2D eigenvalue weighted by Crippen LogP contribution is -2.15. The Balaban J connectivity index is 2.62. The lowest BCUT2D eigenvalue weighted by atomic mass is 10.1. The first-order chi connectivity index (χ1) is 8.65. The molecule has 18 heavy (non-hydrogen) atoms. The second kappa shape index (κ2) is 5.00. The van der Waals surface area contributed by atoms with E-state index in [4.69, 9.17) is 4.74 Å². The van der Waals surface area contributed by atoms with Gasteiger partial charge < -0.3 is 9.72 Å². The molecule has 0 atom stereocenters. The lowest BCUT2D eigenvalue weighted by molar-refractivity contribution is 0.413. The molecule has 0 aromatic carbocycles. The number of methoxy groups -OCH3 is 1. The number of ether oxygens (including phenoxy) is 1. The van der Waals surface area contributed by atoms with Crippen molar-refractivity contribution in [2.45, 2.75) is 20.3 Å². The minimum Gasteiger partial charge on any atom is -0.495 e. The smallest absolute Gasteiger partial charge is 0.254 e. The Kier molecular flexibility index (Phi) is 3.41. The molecule has 0 amide bonds. The molecule has 94 valence electrons. The minimum atomic E-state index is -0.111. The van der Waals surface area contributed by atoms with Crippen molar-refractivity contribution in [3.63, 3.8) is 0 Å².